The zero-order chi connectivity index (χ0) is 17.5. The summed E-state index contributed by atoms with van der Waals surface area (Å²) in [5, 5.41) is 6.22. The first-order valence-corrected chi connectivity index (χ1v) is 8.01. The number of hydrogen-bond donors (Lipinski definition) is 3. The van der Waals surface area contributed by atoms with Crippen molar-refractivity contribution in [3.63, 3.8) is 0 Å². The van der Waals surface area contributed by atoms with Gasteiger partial charge in [-0.2, -0.15) is 0 Å². The molecule has 2 atom stereocenters. The predicted molar refractivity (Wildman–Crippen MR) is 92.0 cm³/mol. The lowest BCUT2D eigenvalue weighted by atomic mass is 10.2. The van der Waals surface area contributed by atoms with E-state index in [1.165, 1.54) is 0 Å². The number of furan rings is 1. The first kappa shape index (κ1) is 18.0. The van der Waals surface area contributed by atoms with Crippen molar-refractivity contribution >= 4 is 29.1 Å². The fraction of sp³-hybridized carbons (Fsp3) is 0.294. The number of likely N-dealkylation sites (N-methyl/N-ethyl adjacent to an activating group) is 1. The van der Waals surface area contributed by atoms with E-state index in [2.05, 4.69) is 10.6 Å². The van der Waals surface area contributed by atoms with Gasteiger partial charge in [0.25, 0.3) is 11.8 Å². The molecule has 2 amide bonds. The molecule has 0 fully saturated rings. The average Bonchev–Trinajstić information content (AvgIpc) is 3.03. The van der Waals surface area contributed by atoms with Crippen LogP contribution in [0.5, 0.6) is 0 Å². The highest BCUT2D eigenvalue weighted by Crippen LogP contribution is 2.13. The SMILES string of the molecule is C[C@@H](NC(=O)C[NH+](C)CC(=O)Nc1ccc(Cl)cc1)c1ccco1. The Hall–Kier alpha value is -2.31. The number of amides is 2. The van der Waals surface area contributed by atoms with Gasteiger partial charge in [0, 0.05) is 10.7 Å². The van der Waals surface area contributed by atoms with Crippen molar-refractivity contribution in [2.24, 2.45) is 0 Å². The van der Waals surface area contributed by atoms with E-state index in [1.54, 1.807) is 49.7 Å². The number of halogens is 1. The number of benzene rings is 1. The van der Waals surface area contributed by atoms with E-state index in [0.717, 1.165) is 4.90 Å². The highest BCUT2D eigenvalue weighted by atomic mass is 35.5. The summed E-state index contributed by atoms with van der Waals surface area (Å²) in [6.07, 6.45) is 1.57. The molecular weight excluding hydrogens is 330 g/mol. The summed E-state index contributed by atoms with van der Waals surface area (Å²) < 4.78 is 5.25. The maximum atomic E-state index is 12.0. The molecule has 0 spiro atoms. The van der Waals surface area contributed by atoms with Crippen molar-refractivity contribution in [3.05, 3.63) is 53.4 Å². The Morgan fingerprint density at radius 3 is 2.46 bits per heavy atom. The van der Waals surface area contributed by atoms with Crippen LogP contribution >= 0.6 is 11.6 Å². The third-order valence-corrected chi connectivity index (χ3v) is 3.65. The first-order chi connectivity index (χ1) is 11.4. The molecule has 7 heteroatoms. The monoisotopic (exact) mass is 350 g/mol. The minimum Gasteiger partial charge on any atom is -0.467 e. The third-order valence-electron chi connectivity index (χ3n) is 3.40. The van der Waals surface area contributed by atoms with Crippen LogP contribution in [0.3, 0.4) is 0 Å². The molecule has 1 aromatic heterocycles. The van der Waals surface area contributed by atoms with Crippen LogP contribution in [0.2, 0.25) is 5.02 Å². The van der Waals surface area contributed by atoms with Crippen LogP contribution in [-0.2, 0) is 9.59 Å². The van der Waals surface area contributed by atoms with Crippen LogP contribution in [0.1, 0.15) is 18.7 Å². The Kier molecular flexibility index (Phi) is 6.40. The molecule has 2 rings (SSSR count). The quantitative estimate of drug-likeness (QED) is 0.703. The van der Waals surface area contributed by atoms with Gasteiger partial charge in [-0.1, -0.05) is 11.6 Å². The van der Waals surface area contributed by atoms with Crippen LogP contribution in [0.15, 0.2) is 47.1 Å². The maximum absolute atomic E-state index is 12.0. The van der Waals surface area contributed by atoms with Crippen LogP contribution in [0.25, 0.3) is 0 Å². The van der Waals surface area contributed by atoms with Gasteiger partial charge >= 0.3 is 0 Å². The minimum absolute atomic E-state index is 0.143. The zero-order valence-corrected chi connectivity index (χ0v) is 14.4. The lowest BCUT2D eigenvalue weighted by molar-refractivity contribution is -0.862. The fourth-order valence-electron chi connectivity index (χ4n) is 2.25. The van der Waals surface area contributed by atoms with Gasteiger partial charge in [-0.05, 0) is 43.3 Å². The highest BCUT2D eigenvalue weighted by Gasteiger charge is 2.17. The van der Waals surface area contributed by atoms with Crippen molar-refractivity contribution in [1.82, 2.24) is 5.32 Å². The lowest BCUT2D eigenvalue weighted by Gasteiger charge is -2.16. The van der Waals surface area contributed by atoms with Gasteiger partial charge in [0.05, 0.1) is 19.4 Å². The summed E-state index contributed by atoms with van der Waals surface area (Å²) >= 11 is 5.80. The van der Waals surface area contributed by atoms with Gasteiger partial charge < -0.3 is 20.0 Å². The van der Waals surface area contributed by atoms with E-state index in [1.807, 2.05) is 6.92 Å². The predicted octanol–water partition coefficient (Wildman–Crippen LogP) is 1.26. The smallest absolute Gasteiger partial charge is 0.279 e. The molecule has 2 aromatic rings. The third kappa shape index (κ3) is 5.72. The summed E-state index contributed by atoms with van der Waals surface area (Å²) in [4.78, 5) is 24.8. The Bertz CT molecular complexity index is 671. The molecule has 0 saturated carbocycles. The molecule has 0 aliphatic heterocycles. The number of carbonyl (C=O) groups excluding carboxylic acids is 2. The van der Waals surface area contributed by atoms with E-state index in [0.29, 0.717) is 16.5 Å². The normalized spacial score (nSPS) is 13.1. The van der Waals surface area contributed by atoms with E-state index in [9.17, 15) is 9.59 Å². The Balaban J connectivity index is 1.75. The fourth-order valence-corrected chi connectivity index (χ4v) is 2.38. The van der Waals surface area contributed by atoms with E-state index >= 15 is 0 Å². The largest absolute Gasteiger partial charge is 0.467 e. The summed E-state index contributed by atoms with van der Waals surface area (Å²) in [7, 11) is 1.79. The molecule has 0 aliphatic rings. The second-order valence-electron chi connectivity index (χ2n) is 5.67. The Morgan fingerprint density at radius 2 is 1.83 bits per heavy atom. The van der Waals surface area contributed by atoms with Crippen LogP contribution < -0.4 is 15.5 Å². The van der Waals surface area contributed by atoms with Crippen molar-refractivity contribution < 1.29 is 18.9 Å². The standard InChI is InChI=1S/C17H20ClN3O3/c1-12(15-4-3-9-24-15)19-16(22)10-21(2)11-17(23)20-14-7-5-13(18)6-8-14/h3-9,12H,10-11H2,1-2H3,(H,19,22)(H,20,23)/p+1/t12-/m1/s1. The zero-order valence-electron chi connectivity index (χ0n) is 13.6. The Labute approximate surface area is 145 Å². The number of nitrogens with one attached hydrogen (secondary N) is 3. The molecule has 1 aromatic carbocycles. The van der Waals surface area contributed by atoms with Gasteiger partial charge in [0.15, 0.2) is 13.1 Å². The van der Waals surface area contributed by atoms with E-state index in [4.69, 9.17) is 16.0 Å². The molecule has 1 unspecified atom stereocenters. The van der Waals surface area contributed by atoms with Gasteiger partial charge in [-0.3, -0.25) is 9.59 Å². The molecule has 6 nitrogen and oxygen atoms in total. The number of carbonyl (C=O) groups is 2. The molecular formula is C17H21ClN3O3+. The average molecular weight is 351 g/mol. The maximum Gasteiger partial charge on any atom is 0.279 e. The van der Waals surface area contributed by atoms with E-state index in [-0.39, 0.29) is 30.9 Å². The molecule has 0 aliphatic carbocycles. The molecule has 3 N–H and O–H groups in total. The number of rotatable bonds is 7. The molecule has 1 heterocycles. The van der Waals surface area contributed by atoms with Crippen molar-refractivity contribution in [2.45, 2.75) is 13.0 Å². The van der Waals surface area contributed by atoms with E-state index < -0.39 is 0 Å². The second-order valence-corrected chi connectivity index (χ2v) is 6.11. The topological polar surface area (TPSA) is 75.8 Å². The summed E-state index contributed by atoms with van der Waals surface area (Å²) in [5.41, 5.74) is 0.674. The van der Waals surface area contributed by atoms with Crippen LogP contribution in [0, 0.1) is 0 Å². The summed E-state index contributed by atoms with van der Waals surface area (Å²) in [6, 6.07) is 10.2. The molecule has 0 radical (unpaired) electrons. The van der Waals surface area contributed by atoms with Gasteiger partial charge in [-0.15, -0.1) is 0 Å². The van der Waals surface area contributed by atoms with Crippen molar-refractivity contribution in [1.29, 1.82) is 0 Å². The van der Waals surface area contributed by atoms with Crippen molar-refractivity contribution in [2.75, 3.05) is 25.5 Å². The summed E-state index contributed by atoms with van der Waals surface area (Å²) in [6.45, 7) is 2.23. The highest BCUT2D eigenvalue weighted by molar-refractivity contribution is 6.30. The number of hydrogen-bond acceptors (Lipinski definition) is 3. The van der Waals surface area contributed by atoms with Crippen molar-refractivity contribution in [3.8, 4) is 0 Å². The molecule has 128 valence electrons. The minimum atomic E-state index is -0.205. The number of anilines is 1. The summed E-state index contributed by atoms with van der Waals surface area (Å²) in [5.74, 6) is 0.388. The first-order valence-electron chi connectivity index (χ1n) is 7.63. The molecule has 0 bridgehead atoms. The van der Waals surface area contributed by atoms with Crippen LogP contribution in [0.4, 0.5) is 5.69 Å². The molecule has 24 heavy (non-hydrogen) atoms. The van der Waals surface area contributed by atoms with Gasteiger partial charge in [0.1, 0.15) is 5.76 Å². The second kappa shape index (κ2) is 8.52. The lowest BCUT2D eigenvalue weighted by Crippen LogP contribution is -3.11. The van der Waals surface area contributed by atoms with Gasteiger partial charge in [-0.25, -0.2) is 0 Å². The van der Waals surface area contributed by atoms with Crippen LogP contribution in [-0.4, -0.2) is 32.0 Å². The number of quaternary nitrogens is 1. The Morgan fingerprint density at radius 1 is 1.17 bits per heavy atom. The molecule has 0 saturated heterocycles. The van der Waals surface area contributed by atoms with Gasteiger partial charge in [0.2, 0.25) is 0 Å².